The van der Waals surface area contributed by atoms with Crippen LogP contribution in [0.2, 0.25) is 0 Å². The third kappa shape index (κ3) is 8.13. The number of ether oxygens (including phenoxy) is 6. The van der Waals surface area contributed by atoms with Crippen LogP contribution in [0.5, 0.6) is 17.2 Å². The predicted molar refractivity (Wildman–Crippen MR) is 164 cm³/mol. The second kappa shape index (κ2) is 14.0. The maximum Gasteiger partial charge on any atom is 0.295 e. The van der Waals surface area contributed by atoms with Crippen LogP contribution in [0.25, 0.3) is 33.4 Å². The van der Waals surface area contributed by atoms with Gasteiger partial charge in [-0.1, -0.05) is 36.4 Å². The Morgan fingerprint density at radius 1 is 0.512 bits per heavy atom. The molecule has 1 N–H and O–H groups in total. The van der Waals surface area contributed by atoms with Crippen molar-refractivity contribution in [1.82, 2.24) is 0 Å². The topological polar surface area (TPSA) is 110 Å². The summed E-state index contributed by atoms with van der Waals surface area (Å²) < 4.78 is 69.2. The van der Waals surface area contributed by atoms with Crippen molar-refractivity contribution < 1.29 is 41.4 Å². The fourth-order valence-corrected chi connectivity index (χ4v) is 5.28. The lowest BCUT2D eigenvalue weighted by molar-refractivity contribution is -0.0385. The highest BCUT2D eigenvalue weighted by atomic mass is 32.2. The molecule has 9 nitrogen and oxygen atoms in total. The average Bonchev–Trinajstić information content (AvgIpc) is 3.00. The maximum absolute atomic E-state index is 13.0. The van der Waals surface area contributed by atoms with Gasteiger partial charge in [-0.05, 0) is 91.6 Å². The Bertz CT molecular complexity index is 1520. The minimum absolute atomic E-state index is 0.219. The molecule has 0 saturated heterocycles. The Labute approximate surface area is 252 Å². The fraction of sp³-hybridized carbons (Fsp3) is 0.273. The van der Waals surface area contributed by atoms with E-state index in [1.54, 1.807) is 88.5 Å². The zero-order valence-electron chi connectivity index (χ0n) is 24.9. The summed E-state index contributed by atoms with van der Waals surface area (Å²) in [5.74, 6) is 1.71. The lowest BCUT2D eigenvalue weighted by atomic mass is 9.93. The van der Waals surface area contributed by atoms with Crippen LogP contribution in [-0.4, -0.2) is 53.2 Å². The molecule has 3 atom stereocenters. The zero-order valence-corrected chi connectivity index (χ0v) is 25.8. The molecule has 3 unspecified atom stereocenters. The van der Waals surface area contributed by atoms with Gasteiger partial charge >= 0.3 is 0 Å². The van der Waals surface area contributed by atoms with E-state index in [0.29, 0.717) is 39.5 Å². The van der Waals surface area contributed by atoms with Crippen molar-refractivity contribution in [2.24, 2.45) is 0 Å². The molecule has 0 aliphatic rings. The minimum atomic E-state index is -4.69. The number of rotatable bonds is 13. The van der Waals surface area contributed by atoms with E-state index in [1.165, 1.54) is 14.2 Å². The Morgan fingerprint density at radius 2 is 0.814 bits per heavy atom. The molecule has 0 aliphatic heterocycles. The Hall–Kier alpha value is -3.93. The van der Waals surface area contributed by atoms with E-state index >= 15 is 0 Å². The van der Waals surface area contributed by atoms with E-state index in [0.717, 1.165) is 11.1 Å². The second-order valence-corrected chi connectivity index (χ2v) is 11.1. The van der Waals surface area contributed by atoms with Gasteiger partial charge in [-0.2, -0.15) is 8.42 Å². The third-order valence-corrected chi connectivity index (χ3v) is 7.72. The highest BCUT2D eigenvalue weighted by Crippen LogP contribution is 2.41. The molecular formula is C33H36O9S. The maximum atomic E-state index is 13.0. The van der Waals surface area contributed by atoms with Gasteiger partial charge in [0.2, 0.25) is 0 Å². The van der Waals surface area contributed by atoms with Gasteiger partial charge in [0.1, 0.15) is 22.1 Å². The van der Waals surface area contributed by atoms with Gasteiger partial charge in [-0.25, -0.2) is 0 Å². The molecule has 10 heteroatoms. The van der Waals surface area contributed by atoms with Crippen LogP contribution in [0, 0.1) is 0 Å². The molecule has 0 fully saturated rings. The highest BCUT2D eigenvalue weighted by Gasteiger charge is 2.24. The first-order valence-electron chi connectivity index (χ1n) is 13.6. The lowest BCUT2D eigenvalue weighted by Crippen LogP contribution is -2.13. The molecule has 0 radical (unpaired) electrons. The van der Waals surface area contributed by atoms with Gasteiger partial charge in [0.05, 0.1) is 0 Å². The normalized spacial score (nSPS) is 13.7. The summed E-state index contributed by atoms with van der Waals surface area (Å²) >= 11 is 0. The number of benzene rings is 4. The van der Waals surface area contributed by atoms with Gasteiger partial charge < -0.3 is 28.4 Å². The van der Waals surface area contributed by atoms with Crippen LogP contribution in [0.4, 0.5) is 0 Å². The van der Waals surface area contributed by atoms with E-state index < -0.39 is 29.0 Å². The SMILES string of the molecule is COC(C)Oc1ccc(-c2cc(-c3ccc(OC(C)OC)cc3)c(S(=O)(=O)O)c(-c3ccc(OC(C)OC)cc3)c2)cc1. The first-order chi connectivity index (χ1) is 20.5. The van der Waals surface area contributed by atoms with Gasteiger partial charge in [-0.15, -0.1) is 0 Å². The molecule has 228 valence electrons. The van der Waals surface area contributed by atoms with Crippen molar-refractivity contribution in [3.05, 3.63) is 84.9 Å². The van der Waals surface area contributed by atoms with Crippen LogP contribution >= 0.6 is 0 Å². The van der Waals surface area contributed by atoms with E-state index in [-0.39, 0.29) is 4.90 Å². The Morgan fingerprint density at radius 3 is 1.09 bits per heavy atom. The van der Waals surface area contributed by atoms with Gasteiger partial charge in [0, 0.05) is 32.5 Å². The van der Waals surface area contributed by atoms with Crippen molar-refractivity contribution in [3.63, 3.8) is 0 Å². The van der Waals surface area contributed by atoms with Crippen molar-refractivity contribution in [2.75, 3.05) is 21.3 Å². The zero-order chi connectivity index (χ0) is 31.1. The van der Waals surface area contributed by atoms with Crippen molar-refractivity contribution in [3.8, 4) is 50.6 Å². The van der Waals surface area contributed by atoms with Crippen LogP contribution in [0.3, 0.4) is 0 Å². The monoisotopic (exact) mass is 608 g/mol. The molecule has 0 bridgehead atoms. The highest BCUT2D eigenvalue weighted by molar-refractivity contribution is 7.86. The average molecular weight is 609 g/mol. The molecule has 0 spiro atoms. The molecule has 0 aromatic heterocycles. The van der Waals surface area contributed by atoms with E-state index in [2.05, 4.69) is 0 Å². The second-order valence-electron chi connectivity index (χ2n) is 9.71. The smallest absolute Gasteiger partial charge is 0.295 e. The molecule has 4 rings (SSSR count). The standard InChI is InChI=1S/C33H36O9S/c1-21(37-4)40-28-13-7-24(8-14-28)27-19-31(25-9-15-29(16-10-25)41-22(2)38-5)33(43(34,35)36)32(20-27)26-11-17-30(18-12-26)42-23(3)39-6/h7-23H,1-6H3,(H,34,35,36). The predicted octanol–water partition coefficient (Wildman–Crippen LogP) is 7.05. The van der Waals surface area contributed by atoms with Crippen LogP contribution in [0.15, 0.2) is 89.8 Å². The molecule has 0 saturated carbocycles. The Kier molecular flexibility index (Phi) is 10.4. The van der Waals surface area contributed by atoms with E-state index in [1.807, 2.05) is 24.3 Å². The van der Waals surface area contributed by atoms with Gasteiger partial charge in [0.15, 0.2) is 18.9 Å². The van der Waals surface area contributed by atoms with E-state index in [9.17, 15) is 13.0 Å². The molecule has 4 aromatic carbocycles. The minimum Gasteiger partial charge on any atom is -0.465 e. The Balaban J connectivity index is 1.89. The number of hydrogen-bond donors (Lipinski definition) is 1. The third-order valence-electron chi connectivity index (χ3n) is 6.77. The molecule has 0 aliphatic carbocycles. The van der Waals surface area contributed by atoms with Crippen molar-refractivity contribution >= 4 is 10.1 Å². The first kappa shape index (κ1) is 32.0. The fourth-order valence-electron chi connectivity index (χ4n) is 4.37. The van der Waals surface area contributed by atoms with Gasteiger partial charge in [0.25, 0.3) is 10.1 Å². The quantitative estimate of drug-likeness (QED) is 0.126. The molecule has 4 aromatic rings. The largest absolute Gasteiger partial charge is 0.465 e. The number of hydrogen-bond acceptors (Lipinski definition) is 8. The van der Waals surface area contributed by atoms with E-state index in [4.69, 9.17) is 28.4 Å². The summed E-state index contributed by atoms with van der Waals surface area (Å²) in [6, 6.07) is 24.7. The summed E-state index contributed by atoms with van der Waals surface area (Å²) in [4.78, 5) is -0.219. The molecule has 0 heterocycles. The van der Waals surface area contributed by atoms with Gasteiger partial charge in [-0.3, -0.25) is 4.55 Å². The van der Waals surface area contributed by atoms with Crippen LogP contribution in [-0.2, 0) is 24.3 Å². The first-order valence-corrected chi connectivity index (χ1v) is 15.0. The lowest BCUT2D eigenvalue weighted by Gasteiger charge is -2.18. The molecule has 0 amide bonds. The number of methoxy groups -OCH3 is 3. The molecule has 43 heavy (non-hydrogen) atoms. The summed E-state index contributed by atoms with van der Waals surface area (Å²) in [6.45, 7) is 5.32. The van der Waals surface area contributed by atoms with Crippen LogP contribution in [0.1, 0.15) is 20.8 Å². The van der Waals surface area contributed by atoms with Crippen molar-refractivity contribution in [1.29, 1.82) is 0 Å². The summed E-state index contributed by atoms with van der Waals surface area (Å²) in [7, 11) is -0.0435. The van der Waals surface area contributed by atoms with Crippen molar-refractivity contribution in [2.45, 2.75) is 44.5 Å². The molecular weight excluding hydrogens is 572 g/mol. The summed E-state index contributed by atoms with van der Waals surface area (Å²) in [6.07, 6.45) is -1.35. The van der Waals surface area contributed by atoms with Crippen LogP contribution < -0.4 is 14.2 Å². The summed E-state index contributed by atoms with van der Waals surface area (Å²) in [5.41, 5.74) is 3.31. The summed E-state index contributed by atoms with van der Waals surface area (Å²) in [5, 5.41) is 0.